The van der Waals surface area contributed by atoms with Crippen LogP contribution >= 0.6 is 0 Å². The van der Waals surface area contributed by atoms with Gasteiger partial charge in [0.25, 0.3) is 0 Å². The Hall–Kier alpha value is -2.63. The lowest BCUT2D eigenvalue weighted by atomic mass is 10.1. The molecule has 1 heterocycles. The monoisotopic (exact) mass is 300 g/mol. The number of aromatic nitrogens is 2. The van der Waals surface area contributed by atoms with E-state index in [-0.39, 0.29) is 30.8 Å². The maximum atomic E-state index is 11.9. The van der Waals surface area contributed by atoms with Gasteiger partial charge in [0.2, 0.25) is 11.8 Å². The van der Waals surface area contributed by atoms with Crippen LogP contribution in [-0.4, -0.2) is 28.1 Å². The topological polar surface area (TPSA) is 76.0 Å². The second-order valence-corrected chi connectivity index (χ2v) is 5.24. The van der Waals surface area contributed by atoms with Gasteiger partial charge >= 0.3 is 0 Å². The summed E-state index contributed by atoms with van der Waals surface area (Å²) in [7, 11) is 0. The molecule has 2 rings (SSSR count). The predicted molar refractivity (Wildman–Crippen MR) is 84.4 cm³/mol. The Balaban J connectivity index is 1.80. The van der Waals surface area contributed by atoms with E-state index >= 15 is 0 Å². The van der Waals surface area contributed by atoms with Crippen LogP contribution in [0.5, 0.6) is 0 Å². The zero-order valence-corrected chi connectivity index (χ0v) is 12.7. The Morgan fingerprint density at radius 1 is 1.14 bits per heavy atom. The normalized spacial score (nSPS) is 10.5. The van der Waals surface area contributed by atoms with Crippen molar-refractivity contribution in [1.29, 1.82) is 0 Å². The molecule has 2 aromatic rings. The van der Waals surface area contributed by atoms with Gasteiger partial charge < -0.3 is 10.6 Å². The summed E-state index contributed by atoms with van der Waals surface area (Å²) in [5, 5.41) is 9.48. The zero-order valence-electron chi connectivity index (χ0n) is 12.7. The number of anilines is 1. The van der Waals surface area contributed by atoms with Crippen LogP contribution in [0.4, 0.5) is 5.82 Å². The summed E-state index contributed by atoms with van der Waals surface area (Å²) in [4.78, 5) is 23.7. The molecule has 2 N–H and O–H groups in total. The smallest absolute Gasteiger partial charge is 0.244 e. The third-order valence-electron chi connectivity index (χ3n) is 3.08. The summed E-state index contributed by atoms with van der Waals surface area (Å²) in [6, 6.07) is 11.3. The Kier molecular flexibility index (Phi) is 5.30. The molecule has 1 aromatic carbocycles. The van der Waals surface area contributed by atoms with Gasteiger partial charge in [0, 0.05) is 12.1 Å². The van der Waals surface area contributed by atoms with Gasteiger partial charge in [0.15, 0.2) is 0 Å². The van der Waals surface area contributed by atoms with E-state index in [1.165, 1.54) is 0 Å². The van der Waals surface area contributed by atoms with Crippen LogP contribution in [0.2, 0.25) is 0 Å². The molecule has 0 aliphatic carbocycles. The highest BCUT2D eigenvalue weighted by atomic mass is 16.2. The molecule has 0 spiro atoms. The fraction of sp³-hybridized carbons (Fsp3) is 0.312. The minimum atomic E-state index is -0.274. The molecule has 22 heavy (non-hydrogen) atoms. The van der Waals surface area contributed by atoms with E-state index in [1.54, 1.807) is 16.9 Å². The number of carbonyl (C=O) groups is 2. The van der Waals surface area contributed by atoms with Gasteiger partial charge in [0.1, 0.15) is 5.82 Å². The first kappa shape index (κ1) is 15.8. The summed E-state index contributed by atoms with van der Waals surface area (Å²) in [5.74, 6) is 0.167. The van der Waals surface area contributed by atoms with E-state index in [4.69, 9.17) is 0 Å². The Labute approximate surface area is 129 Å². The first-order valence-corrected chi connectivity index (χ1v) is 7.20. The van der Waals surface area contributed by atoms with Crippen LogP contribution in [0.15, 0.2) is 42.6 Å². The number of benzene rings is 1. The number of rotatable bonds is 6. The summed E-state index contributed by atoms with van der Waals surface area (Å²) >= 11 is 0. The van der Waals surface area contributed by atoms with Crippen molar-refractivity contribution < 1.29 is 9.59 Å². The standard InChI is InChI=1S/C16H20N4O2/c1-12(2)20-14(8-9-18-20)19-16(22)11-17-15(21)10-13-6-4-3-5-7-13/h3-9,12H,10-11H2,1-2H3,(H,17,21)(H,19,22). The average molecular weight is 300 g/mol. The molecule has 0 saturated carbocycles. The second-order valence-electron chi connectivity index (χ2n) is 5.24. The SMILES string of the molecule is CC(C)n1nccc1NC(=O)CNC(=O)Cc1ccccc1. The largest absolute Gasteiger partial charge is 0.347 e. The first-order valence-electron chi connectivity index (χ1n) is 7.20. The van der Waals surface area contributed by atoms with Crippen molar-refractivity contribution >= 4 is 17.6 Å². The predicted octanol–water partition coefficient (Wildman–Crippen LogP) is 1.76. The lowest BCUT2D eigenvalue weighted by Gasteiger charge is -2.12. The summed E-state index contributed by atoms with van der Waals surface area (Å²) < 4.78 is 1.71. The minimum Gasteiger partial charge on any atom is -0.347 e. The molecule has 0 radical (unpaired) electrons. The van der Waals surface area contributed by atoms with Crippen molar-refractivity contribution in [3.63, 3.8) is 0 Å². The van der Waals surface area contributed by atoms with Gasteiger partial charge in [-0.2, -0.15) is 5.10 Å². The average Bonchev–Trinajstić information content (AvgIpc) is 2.94. The zero-order chi connectivity index (χ0) is 15.9. The lowest BCUT2D eigenvalue weighted by molar-refractivity contribution is -0.123. The highest BCUT2D eigenvalue weighted by molar-refractivity contribution is 5.94. The molecule has 0 aliphatic rings. The molecule has 116 valence electrons. The highest BCUT2D eigenvalue weighted by Crippen LogP contribution is 2.12. The van der Waals surface area contributed by atoms with Gasteiger partial charge in [-0.05, 0) is 19.4 Å². The summed E-state index contributed by atoms with van der Waals surface area (Å²) in [6.45, 7) is 3.89. The van der Waals surface area contributed by atoms with Gasteiger partial charge in [-0.25, -0.2) is 4.68 Å². The van der Waals surface area contributed by atoms with Crippen molar-refractivity contribution in [2.24, 2.45) is 0 Å². The molecule has 0 fully saturated rings. The van der Waals surface area contributed by atoms with E-state index in [0.717, 1.165) is 5.56 Å². The maximum absolute atomic E-state index is 11.9. The van der Waals surface area contributed by atoms with Crippen molar-refractivity contribution in [3.05, 3.63) is 48.2 Å². The maximum Gasteiger partial charge on any atom is 0.244 e. The van der Waals surface area contributed by atoms with Crippen LogP contribution in [0, 0.1) is 0 Å². The number of hydrogen-bond donors (Lipinski definition) is 2. The van der Waals surface area contributed by atoms with Crippen LogP contribution in [-0.2, 0) is 16.0 Å². The van der Waals surface area contributed by atoms with Crippen LogP contribution in [0.3, 0.4) is 0 Å². The van der Waals surface area contributed by atoms with E-state index in [1.807, 2.05) is 44.2 Å². The molecule has 0 unspecified atom stereocenters. The number of amides is 2. The van der Waals surface area contributed by atoms with Gasteiger partial charge in [-0.1, -0.05) is 30.3 Å². The molecule has 0 saturated heterocycles. The quantitative estimate of drug-likeness (QED) is 0.853. The van der Waals surface area contributed by atoms with E-state index < -0.39 is 0 Å². The Morgan fingerprint density at radius 3 is 2.55 bits per heavy atom. The van der Waals surface area contributed by atoms with Gasteiger partial charge in [-0.15, -0.1) is 0 Å². The van der Waals surface area contributed by atoms with Crippen LogP contribution < -0.4 is 10.6 Å². The molecule has 6 heteroatoms. The van der Waals surface area contributed by atoms with E-state index in [2.05, 4.69) is 15.7 Å². The molecule has 1 aromatic heterocycles. The number of nitrogens with one attached hydrogen (secondary N) is 2. The van der Waals surface area contributed by atoms with E-state index in [0.29, 0.717) is 5.82 Å². The molecular weight excluding hydrogens is 280 g/mol. The van der Waals surface area contributed by atoms with Gasteiger partial charge in [0.05, 0.1) is 19.2 Å². The molecule has 0 atom stereocenters. The summed E-state index contributed by atoms with van der Waals surface area (Å²) in [6.07, 6.45) is 1.89. The minimum absolute atomic E-state index is 0.0606. The number of nitrogens with zero attached hydrogens (tertiary/aromatic N) is 2. The van der Waals surface area contributed by atoms with E-state index in [9.17, 15) is 9.59 Å². The molecule has 2 amide bonds. The fourth-order valence-electron chi connectivity index (χ4n) is 2.03. The van der Waals surface area contributed by atoms with Crippen LogP contribution in [0.1, 0.15) is 25.5 Å². The molecule has 6 nitrogen and oxygen atoms in total. The number of hydrogen-bond acceptors (Lipinski definition) is 3. The fourth-order valence-corrected chi connectivity index (χ4v) is 2.03. The molecule has 0 bridgehead atoms. The second kappa shape index (κ2) is 7.40. The van der Waals surface area contributed by atoms with Crippen molar-refractivity contribution in [2.45, 2.75) is 26.3 Å². The van der Waals surface area contributed by atoms with Crippen molar-refractivity contribution in [1.82, 2.24) is 15.1 Å². The van der Waals surface area contributed by atoms with Gasteiger partial charge in [-0.3, -0.25) is 9.59 Å². The third kappa shape index (κ3) is 4.44. The number of carbonyl (C=O) groups excluding carboxylic acids is 2. The molecule has 0 aliphatic heterocycles. The lowest BCUT2D eigenvalue weighted by Crippen LogP contribution is -2.34. The Morgan fingerprint density at radius 2 is 1.86 bits per heavy atom. The van der Waals surface area contributed by atoms with Crippen LogP contribution in [0.25, 0.3) is 0 Å². The summed E-state index contributed by atoms with van der Waals surface area (Å²) in [5.41, 5.74) is 0.915. The highest BCUT2D eigenvalue weighted by Gasteiger charge is 2.10. The van der Waals surface area contributed by atoms with Crippen molar-refractivity contribution in [3.8, 4) is 0 Å². The first-order chi connectivity index (χ1) is 10.6. The molecular formula is C16H20N4O2. The third-order valence-corrected chi connectivity index (χ3v) is 3.08. The Bertz CT molecular complexity index is 635. The van der Waals surface area contributed by atoms with Crippen molar-refractivity contribution in [2.75, 3.05) is 11.9 Å².